The Hall–Kier alpha value is -3.13. The van der Waals surface area contributed by atoms with Gasteiger partial charge in [0.25, 0.3) is 0 Å². The predicted molar refractivity (Wildman–Crippen MR) is 100 cm³/mol. The van der Waals surface area contributed by atoms with Crippen molar-refractivity contribution in [3.63, 3.8) is 0 Å². The quantitative estimate of drug-likeness (QED) is 0.677. The number of carbonyl (C=O) groups is 2. The zero-order valence-corrected chi connectivity index (χ0v) is 15.5. The maximum absolute atomic E-state index is 12.4. The summed E-state index contributed by atoms with van der Waals surface area (Å²) in [6.45, 7) is 4.14. The van der Waals surface area contributed by atoms with E-state index in [1.807, 2.05) is 31.2 Å². The predicted octanol–water partition coefficient (Wildman–Crippen LogP) is 2.99. The van der Waals surface area contributed by atoms with Crippen LogP contribution in [0.1, 0.15) is 34.6 Å². The van der Waals surface area contributed by atoms with Gasteiger partial charge in [-0.25, -0.2) is 4.79 Å². The Balaban J connectivity index is 1.69. The summed E-state index contributed by atoms with van der Waals surface area (Å²) in [5.74, 6) is -1.32. The lowest BCUT2D eigenvalue weighted by atomic mass is 10.1. The molecule has 2 aromatic heterocycles. The smallest absolute Gasteiger partial charge is 0.356 e. The fourth-order valence-corrected chi connectivity index (χ4v) is 2.65. The van der Waals surface area contributed by atoms with Gasteiger partial charge in [-0.1, -0.05) is 41.4 Å². The summed E-state index contributed by atoms with van der Waals surface area (Å²) in [5.41, 5.74) is 2.10. The second-order valence-electron chi connectivity index (χ2n) is 6.16. The van der Waals surface area contributed by atoms with E-state index in [0.717, 1.165) is 5.56 Å². The number of hydrogen-bond donors (Lipinski definition) is 2. The number of hydrogen-bond acceptors (Lipinski definition) is 4. The lowest BCUT2D eigenvalue weighted by Gasteiger charge is -2.11. The van der Waals surface area contributed by atoms with Gasteiger partial charge in [-0.15, -0.1) is 0 Å². The molecule has 0 bridgehead atoms. The molecule has 0 saturated carbocycles. The molecule has 9 heteroatoms. The number of aryl methyl sites for hydroxylation is 1. The number of rotatable bonds is 6. The minimum Gasteiger partial charge on any atom is -0.476 e. The molecule has 0 aliphatic heterocycles. The van der Waals surface area contributed by atoms with Crippen molar-refractivity contribution in [3.05, 3.63) is 64.6 Å². The molecule has 1 unspecified atom stereocenters. The summed E-state index contributed by atoms with van der Waals surface area (Å²) >= 11 is 6.18. The van der Waals surface area contributed by atoms with Crippen LogP contribution < -0.4 is 5.32 Å². The van der Waals surface area contributed by atoms with Crippen molar-refractivity contribution in [2.75, 3.05) is 5.32 Å². The first-order valence-electron chi connectivity index (χ1n) is 8.21. The molecule has 1 atom stereocenters. The van der Waals surface area contributed by atoms with Gasteiger partial charge in [0.15, 0.2) is 11.5 Å². The zero-order chi connectivity index (χ0) is 19.6. The average Bonchev–Trinajstić information content (AvgIpc) is 3.24. The normalized spacial score (nSPS) is 12.0. The van der Waals surface area contributed by atoms with Gasteiger partial charge >= 0.3 is 5.97 Å². The Bertz CT molecular complexity index is 977. The first-order chi connectivity index (χ1) is 12.8. The van der Waals surface area contributed by atoms with Crippen molar-refractivity contribution in [1.82, 2.24) is 19.6 Å². The number of aromatic carboxylic acids is 1. The van der Waals surface area contributed by atoms with Crippen LogP contribution in [0.4, 0.5) is 5.82 Å². The van der Waals surface area contributed by atoms with Gasteiger partial charge in [-0.2, -0.15) is 10.2 Å². The number of halogens is 1. The summed E-state index contributed by atoms with van der Waals surface area (Å²) in [6.07, 6.45) is 3.07. The Morgan fingerprint density at radius 1 is 1.22 bits per heavy atom. The molecular formula is C18H18ClN5O3. The molecule has 0 aliphatic carbocycles. The Morgan fingerprint density at radius 2 is 1.93 bits per heavy atom. The summed E-state index contributed by atoms with van der Waals surface area (Å²) in [7, 11) is 0. The summed E-state index contributed by atoms with van der Waals surface area (Å²) in [6, 6.07) is 8.64. The molecule has 3 aromatic rings. The molecule has 2 heterocycles. The topological polar surface area (TPSA) is 102 Å². The van der Waals surface area contributed by atoms with Gasteiger partial charge in [-0.05, 0) is 25.5 Å². The van der Waals surface area contributed by atoms with Crippen molar-refractivity contribution < 1.29 is 14.7 Å². The van der Waals surface area contributed by atoms with E-state index >= 15 is 0 Å². The van der Waals surface area contributed by atoms with Crippen LogP contribution in [0, 0.1) is 6.92 Å². The van der Waals surface area contributed by atoms with E-state index in [1.54, 1.807) is 17.8 Å². The van der Waals surface area contributed by atoms with E-state index < -0.39 is 17.9 Å². The van der Waals surface area contributed by atoms with E-state index in [9.17, 15) is 9.59 Å². The summed E-state index contributed by atoms with van der Waals surface area (Å²) in [4.78, 5) is 23.3. The van der Waals surface area contributed by atoms with Crippen LogP contribution in [0.15, 0.2) is 42.7 Å². The second-order valence-corrected chi connectivity index (χ2v) is 6.57. The van der Waals surface area contributed by atoms with E-state index in [0.29, 0.717) is 11.6 Å². The largest absolute Gasteiger partial charge is 0.476 e. The maximum Gasteiger partial charge on any atom is 0.356 e. The highest BCUT2D eigenvalue weighted by Crippen LogP contribution is 2.21. The van der Waals surface area contributed by atoms with Crippen molar-refractivity contribution in [1.29, 1.82) is 0 Å². The van der Waals surface area contributed by atoms with E-state index in [4.69, 9.17) is 16.7 Å². The highest BCUT2D eigenvalue weighted by molar-refractivity contribution is 6.33. The van der Waals surface area contributed by atoms with Crippen molar-refractivity contribution in [3.8, 4) is 0 Å². The molecule has 0 fully saturated rings. The van der Waals surface area contributed by atoms with Crippen molar-refractivity contribution >= 4 is 29.3 Å². The van der Waals surface area contributed by atoms with E-state index in [1.165, 1.54) is 22.5 Å². The van der Waals surface area contributed by atoms with Crippen LogP contribution in [0.25, 0.3) is 0 Å². The fourth-order valence-electron chi connectivity index (χ4n) is 2.45. The standard InChI is InChI=1S/C18H18ClN5O3/c1-11-3-5-13(6-4-11)9-23-10-14(19)16(22-23)20-17(25)12(2)24-8-7-15(21-24)18(26)27/h3-8,10,12H,9H2,1-2H3,(H,26,27)(H,20,22,25). The monoisotopic (exact) mass is 387 g/mol. The number of nitrogens with one attached hydrogen (secondary N) is 1. The molecule has 140 valence electrons. The number of carboxylic acids is 1. The van der Waals surface area contributed by atoms with Gasteiger partial charge in [0.05, 0.1) is 6.54 Å². The van der Waals surface area contributed by atoms with Gasteiger partial charge in [0.1, 0.15) is 11.1 Å². The van der Waals surface area contributed by atoms with Crippen LogP contribution >= 0.6 is 11.6 Å². The third-order valence-corrected chi connectivity index (χ3v) is 4.30. The molecule has 2 N–H and O–H groups in total. The van der Waals surface area contributed by atoms with E-state index in [2.05, 4.69) is 15.5 Å². The Morgan fingerprint density at radius 3 is 2.56 bits per heavy atom. The molecule has 8 nitrogen and oxygen atoms in total. The minimum absolute atomic E-state index is 0.130. The summed E-state index contributed by atoms with van der Waals surface area (Å²) in [5, 5.41) is 20.1. The molecule has 3 rings (SSSR count). The van der Waals surface area contributed by atoms with Crippen molar-refractivity contribution in [2.24, 2.45) is 0 Å². The first-order valence-corrected chi connectivity index (χ1v) is 8.59. The number of nitrogens with zero attached hydrogens (tertiary/aromatic N) is 4. The molecule has 1 amide bonds. The van der Waals surface area contributed by atoms with Crippen LogP contribution in [0.2, 0.25) is 5.02 Å². The molecular weight excluding hydrogens is 370 g/mol. The van der Waals surface area contributed by atoms with Gasteiger partial charge in [0.2, 0.25) is 5.91 Å². The van der Waals surface area contributed by atoms with Gasteiger partial charge in [-0.3, -0.25) is 14.2 Å². The third-order valence-electron chi connectivity index (χ3n) is 4.03. The molecule has 0 saturated heterocycles. The summed E-state index contributed by atoms with van der Waals surface area (Å²) < 4.78 is 2.92. The number of amides is 1. The molecule has 0 radical (unpaired) electrons. The number of benzene rings is 1. The lowest BCUT2D eigenvalue weighted by Crippen LogP contribution is -2.24. The van der Waals surface area contributed by atoms with Crippen LogP contribution in [-0.2, 0) is 11.3 Å². The molecule has 27 heavy (non-hydrogen) atoms. The average molecular weight is 388 g/mol. The molecule has 0 aliphatic rings. The first kappa shape index (κ1) is 18.7. The molecule has 1 aromatic carbocycles. The third kappa shape index (κ3) is 4.35. The Labute approximate surface area is 160 Å². The lowest BCUT2D eigenvalue weighted by molar-refractivity contribution is -0.119. The molecule has 0 spiro atoms. The highest BCUT2D eigenvalue weighted by atomic mass is 35.5. The van der Waals surface area contributed by atoms with Crippen LogP contribution in [0.3, 0.4) is 0 Å². The van der Waals surface area contributed by atoms with Crippen molar-refractivity contribution in [2.45, 2.75) is 26.4 Å². The fraction of sp³-hybridized carbons (Fsp3) is 0.222. The highest BCUT2D eigenvalue weighted by Gasteiger charge is 2.20. The van der Waals surface area contributed by atoms with E-state index in [-0.39, 0.29) is 11.5 Å². The maximum atomic E-state index is 12.4. The SMILES string of the molecule is Cc1ccc(Cn2cc(Cl)c(NC(=O)C(C)n3ccc(C(=O)O)n3)n2)cc1. The van der Waals surface area contributed by atoms with Gasteiger partial charge < -0.3 is 10.4 Å². The Kier molecular flexibility index (Phi) is 5.27. The number of carbonyl (C=O) groups excluding carboxylic acids is 1. The zero-order valence-electron chi connectivity index (χ0n) is 14.8. The van der Waals surface area contributed by atoms with Gasteiger partial charge in [0, 0.05) is 12.4 Å². The minimum atomic E-state index is -1.15. The van der Waals surface area contributed by atoms with Crippen LogP contribution in [-0.4, -0.2) is 36.5 Å². The number of aromatic nitrogens is 4. The number of anilines is 1. The number of carboxylic acid groups (broad SMARTS) is 1. The second kappa shape index (κ2) is 7.63. The van der Waals surface area contributed by atoms with Crippen LogP contribution in [0.5, 0.6) is 0 Å².